The minimum Gasteiger partial charge on any atom is -0.370 e. The molecule has 1 aromatic rings. The minimum absolute atomic E-state index is 0.123. The zero-order valence-corrected chi connectivity index (χ0v) is 9.46. The van der Waals surface area contributed by atoms with Gasteiger partial charge in [0, 0.05) is 0 Å². The Balaban J connectivity index is 2.01. The van der Waals surface area contributed by atoms with Crippen LogP contribution in [-0.2, 0) is 11.2 Å². The summed E-state index contributed by atoms with van der Waals surface area (Å²) in [5.41, 5.74) is 1.92. The third-order valence-corrected chi connectivity index (χ3v) is 3.10. The average Bonchev–Trinajstić information content (AvgIpc) is 2.89. The van der Waals surface area contributed by atoms with Crippen molar-refractivity contribution < 1.29 is 9.13 Å². The van der Waals surface area contributed by atoms with E-state index in [1.54, 1.807) is 13.0 Å². The zero-order chi connectivity index (χ0) is 11.0. The van der Waals surface area contributed by atoms with E-state index < -0.39 is 0 Å². The fraction of sp³-hybridized carbons (Fsp3) is 0.538. The van der Waals surface area contributed by atoms with Crippen molar-refractivity contribution >= 4 is 0 Å². The van der Waals surface area contributed by atoms with Crippen molar-refractivity contribution in [2.45, 2.75) is 39.4 Å². The van der Waals surface area contributed by atoms with Crippen LogP contribution in [0, 0.1) is 18.7 Å². The monoisotopic (exact) mass is 208 g/mol. The summed E-state index contributed by atoms with van der Waals surface area (Å²) in [6.45, 7) is 6.09. The molecule has 0 radical (unpaired) electrons. The zero-order valence-electron chi connectivity index (χ0n) is 9.46. The van der Waals surface area contributed by atoms with Gasteiger partial charge in [-0.2, -0.15) is 0 Å². The number of hydrogen-bond acceptors (Lipinski definition) is 1. The maximum atomic E-state index is 13.0. The van der Waals surface area contributed by atoms with E-state index in [0.29, 0.717) is 18.1 Å². The Hall–Kier alpha value is -0.890. The van der Waals surface area contributed by atoms with E-state index in [4.69, 9.17) is 4.74 Å². The van der Waals surface area contributed by atoms with Crippen molar-refractivity contribution in [3.05, 3.63) is 35.1 Å². The quantitative estimate of drug-likeness (QED) is 0.695. The Bertz CT molecular complexity index is 362. The average molecular weight is 208 g/mol. The molecule has 15 heavy (non-hydrogen) atoms. The van der Waals surface area contributed by atoms with Gasteiger partial charge in [-0.05, 0) is 43.4 Å². The van der Waals surface area contributed by atoms with Crippen molar-refractivity contribution in [1.29, 1.82) is 0 Å². The highest BCUT2D eigenvalue weighted by Gasteiger charge is 2.38. The van der Waals surface area contributed by atoms with Gasteiger partial charge in [-0.1, -0.05) is 19.1 Å². The van der Waals surface area contributed by atoms with Gasteiger partial charge in [0.05, 0.1) is 12.2 Å². The number of aryl methyl sites for hydroxylation is 1. The second kappa shape index (κ2) is 3.93. The minimum atomic E-state index is -0.123. The van der Waals surface area contributed by atoms with Gasteiger partial charge in [0.15, 0.2) is 0 Å². The van der Waals surface area contributed by atoms with Gasteiger partial charge in [0.25, 0.3) is 0 Å². The van der Waals surface area contributed by atoms with E-state index in [0.717, 1.165) is 12.0 Å². The third kappa shape index (κ3) is 2.37. The Labute approximate surface area is 90.3 Å². The Morgan fingerprint density at radius 3 is 2.67 bits per heavy atom. The maximum absolute atomic E-state index is 13.0. The summed E-state index contributed by atoms with van der Waals surface area (Å²) in [4.78, 5) is 0. The molecule has 1 aliphatic rings. The van der Waals surface area contributed by atoms with Crippen LogP contribution in [0.1, 0.15) is 25.0 Å². The number of rotatable bonds is 3. The number of hydrogen-bond donors (Lipinski definition) is 0. The molecule has 2 heteroatoms. The lowest BCUT2D eigenvalue weighted by Crippen LogP contribution is -2.09. The normalized spacial score (nSPS) is 26.4. The molecule has 1 saturated heterocycles. The summed E-state index contributed by atoms with van der Waals surface area (Å²) in [5.74, 6) is 0.396. The second-order valence-electron chi connectivity index (χ2n) is 4.57. The first-order valence-corrected chi connectivity index (χ1v) is 5.48. The predicted octanol–water partition coefficient (Wildman–Crippen LogP) is 3.10. The van der Waals surface area contributed by atoms with Crippen molar-refractivity contribution in [1.82, 2.24) is 0 Å². The maximum Gasteiger partial charge on any atom is 0.126 e. The highest BCUT2D eigenvalue weighted by atomic mass is 19.1. The lowest BCUT2D eigenvalue weighted by atomic mass is 9.96. The first-order chi connectivity index (χ1) is 7.08. The summed E-state index contributed by atoms with van der Waals surface area (Å²) in [6, 6.07) is 5.35. The molecule has 0 N–H and O–H groups in total. The summed E-state index contributed by atoms with van der Waals surface area (Å²) in [6.07, 6.45) is 1.77. The van der Waals surface area contributed by atoms with Crippen LogP contribution < -0.4 is 0 Å². The molecule has 3 unspecified atom stereocenters. The van der Waals surface area contributed by atoms with Gasteiger partial charge < -0.3 is 4.74 Å². The van der Waals surface area contributed by atoms with Crippen molar-refractivity contribution in [3.8, 4) is 0 Å². The van der Waals surface area contributed by atoms with Crippen LogP contribution in [0.3, 0.4) is 0 Å². The summed E-state index contributed by atoms with van der Waals surface area (Å²) in [7, 11) is 0. The van der Waals surface area contributed by atoms with E-state index in [9.17, 15) is 4.39 Å². The van der Waals surface area contributed by atoms with Gasteiger partial charge in [0.2, 0.25) is 0 Å². The van der Waals surface area contributed by atoms with Crippen molar-refractivity contribution in [2.24, 2.45) is 5.92 Å². The summed E-state index contributed by atoms with van der Waals surface area (Å²) >= 11 is 0. The SMILES string of the molecule is Cc1cc(CC(C)C2OC2C)ccc1F. The first-order valence-electron chi connectivity index (χ1n) is 5.48. The molecule has 1 heterocycles. The van der Waals surface area contributed by atoms with Gasteiger partial charge in [-0.25, -0.2) is 4.39 Å². The Morgan fingerprint density at radius 2 is 2.13 bits per heavy atom. The van der Waals surface area contributed by atoms with Gasteiger partial charge >= 0.3 is 0 Å². The lowest BCUT2D eigenvalue weighted by Gasteiger charge is -2.09. The molecule has 82 valence electrons. The molecule has 1 nitrogen and oxygen atoms in total. The van der Waals surface area contributed by atoms with Crippen molar-refractivity contribution in [2.75, 3.05) is 0 Å². The standard InChI is InChI=1S/C13H17FO/c1-8-6-11(4-5-12(8)14)7-9(2)13-10(3)15-13/h4-6,9-10,13H,7H2,1-3H3. The van der Waals surface area contributed by atoms with Crippen molar-refractivity contribution in [3.63, 3.8) is 0 Å². The first kappa shape index (κ1) is 10.6. The Kier molecular flexibility index (Phi) is 2.79. The molecule has 1 aromatic carbocycles. The van der Waals surface area contributed by atoms with E-state index in [1.807, 2.05) is 12.1 Å². The van der Waals surface area contributed by atoms with Crippen LogP contribution in [-0.4, -0.2) is 12.2 Å². The molecule has 0 bridgehead atoms. The summed E-state index contributed by atoms with van der Waals surface area (Å²) in [5, 5.41) is 0. The van der Waals surface area contributed by atoms with Crippen LogP contribution >= 0.6 is 0 Å². The largest absolute Gasteiger partial charge is 0.370 e. The van der Waals surface area contributed by atoms with Crippen LogP contribution in [0.15, 0.2) is 18.2 Å². The molecule has 2 rings (SSSR count). The topological polar surface area (TPSA) is 12.5 Å². The second-order valence-corrected chi connectivity index (χ2v) is 4.57. The molecule has 1 aliphatic heterocycles. The number of benzene rings is 1. The smallest absolute Gasteiger partial charge is 0.126 e. The lowest BCUT2D eigenvalue weighted by molar-refractivity contribution is 0.328. The third-order valence-electron chi connectivity index (χ3n) is 3.10. The van der Waals surface area contributed by atoms with Crippen LogP contribution in [0.25, 0.3) is 0 Å². The predicted molar refractivity (Wildman–Crippen MR) is 58.3 cm³/mol. The van der Waals surface area contributed by atoms with Crippen LogP contribution in [0.2, 0.25) is 0 Å². The number of epoxide rings is 1. The number of ether oxygens (including phenoxy) is 1. The van der Waals surface area contributed by atoms with E-state index >= 15 is 0 Å². The molecule has 1 fully saturated rings. The molecule has 0 amide bonds. The molecule has 0 saturated carbocycles. The summed E-state index contributed by atoms with van der Waals surface area (Å²) < 4.78 is 18.5. The fourth-order valence-corrected chi connectivity index (χ4v) is 2.12. The van der Waals surface area contributed by atoms with E-state index in [1.165, 1.54) is 5.56 Å². The molecule has 0 aliphatic carbocycles. The molecule has 0 aromatic heterocycles. The van der Waals surface area contributed by atoms with E-state index in [-0.39, 0.29) is 5.82 Å². The van der Waals surface area contributed by atoms with Crippen LogP contribution in [0.4, 0.5) is 4.39 Å². The highest BCUT2D eigenvalue weighted by molar-refractivity contribution is 5.24. The van der Waals surface area contributed by atoms with Gasteiger partial charge in [0.1, 0.15) is 5.82 Å². The fourth-order valence-electron chi connectivity index (χ4n) is 2.12. The van der Waals surface area contributed by atoms with Gasteiger partial charge in [-0.15, -0.1) is 0 Å². The Morgan fingerprint density at radius 1 is 1.47 bits per heavy atom. The van der Waals surface area contributed by atoms with Gasteiger partial charge in [-0.3, -0.25) is 0 Å². The number of halogens is 1. The molecular formula is C13H17FO. The van der Waals surface area contributed by atoms with E-state index in [2.05, 4.69) is 13.8 Å². The molecular weight excluding hydrogens is 191 g/mol. The van der Waals surface area contributed by atoms with Crippen LogP contribution in [0.5, 0.6) is 0 Å². The highest BCUT2D eigenvalue weighted by Crippen LogP contribution is 2.31. The molecule has 3 atom stereocenters. The molecule has 0 spiro atoms.